The first-order chi connectivity index (χ1) is 5.39. The fraction of sp³-hybridized carbons (Fsp3) is 0.417. The Morgan fingerprint density at radius 3 is 1.38 bits per heavy atom. The SMILES string of the molecule is CC.CC.Cc1cc[c-]cc1.[CH3-].[K+]. The molecule has 0 N–H and O–H groups in total. The molecule has 1 rings (SSSR count). The summed E-state index contributed by atoms with van der Waals surface area (Å²) in [5.74, 6) is 0. The molecule has 0 heterocycles. The standard InChI is InChI=1S/C7H7.2C2H6.CH3.K/c1-7-5-3-2-4-6-7;2*1-2;;/h3-6H,1H3;2*1-2H3;1H3;/q-1;;;-1;+1. The summed E-state index contributed by atoms with van der Waals surface area (Å²) in [5, 5.41) is 0. The molecule has 13 heavy (non-hydrogen) atoms. The maximum absolute atomic E-state index is 2.93. The van der Waals surface area contributed by atoms with E-state index in [0.717, 1.165) is 0 Å². The van der Waals surface area contributed by atoms with Crippen LogP contribution in [0, 0.1) is 20.4 Å². The molecule has 0 aliphatic carbocycles. The van der Waals surface area contributed by atoms with Gasteiger partial charge in [-0.2, -0.15) is 35.9 Å². The van der Waals surface area contributed by atoms with Gasteiger partial charge in [-0.25, -0.2) is 0 Å². The van der Waals surface area contributed by atoms with Crippen LogP contribution in [0.15, 0.2) is 24.3 Å². The van der Waals surface area contributed by atoms with Crippen LogP contribution in [0.2, 0.25) is 0 Å². The van der Waals surface area contributed by atoms with Crippen molar-refractivity contribution in [2.24, 2.45) is 0 Å². The normalized spacial score (nSPS) is 5.62. The Morgan fingerprint density at radius 1 is 0.923 bits per heavy atom. The second-order valence-electron chi connectivity index (χ2n) is 1.58. The molecular formula is C12H22K-. The van der Waals surface area contributed by atoms with Crippen molar-refractivity contribution in [2.75, 3.05) is 0 Å². The number of benzene rings is 1. The van der Waals surface area contributed by atoms with Crippen molar-refractivity contribution < 1.29 is 51.4 Å². The van der Waals surface area contributed by atoms with Crippen molar-refractivity contribution in [1.82, 2.24) is 0 Å². The molecule has 0 saturated carbocycles. The molecule has 72 valence electrons. The summed E-state index contributed by atoms with van der Waals surface area (Å²) < 4.78 is 0. The van der Waals surface area contributed by atoms with Crippen LogP contribution in [0.5, 0.6) is 0 Å². The number of hydrogen-bond donors (Lipinski definition) is 0. The molecule has 0 aromatic heterocycles. The van der Waals surface area contributed by atoms with Gasteiger partial charge in [0.1, 0.15) is 0 Å². The molecule has 0 atom stereocenters. The second kappa shape index (κ2) is 23.0. The van der Waals surface area contributed by atoms with Crippen LogP contribution in [0.4, 0.5) is 0 Å². The Kier molecular flexibility index (Phi) is 41.8. The van der Waals surface area contributed by atoms with Crippen molar-refractivity contribution >= 4 is 0 Å². The van der Waals surface area contributed by atoms with Gasteiger partial charge in [0.15, 0.2) is 0 Å². The number of hydrogen-bond acceptors (Lipinski definition) is 0. The van der Waals surface area contributed by atoms with Gasteiger partial charge in [0.2, 0.25) is 0 Å². The Hall–Kier alpha value is 0.856. The minimum Gasteiger partial charge on any atom is -0.358 e. The van der Waals surface area contributed by atoms with Crippen molar-refractivity contribution in [2.45, 2.75) is 34.6 Å². The molecule has 0 amide bonds. The van der Waals surface area contributed by atoms with Gasteiger partial charge in [0, 0.05) is 0 Å². The average molecular weight is 205 g/mol. The monoisotopic (exact) mass is 205 g/mol. The first-order valence-electron chi connectivity index (χ1n) is 4.32. The van der Waals surface area contributed by atoms with Crippen molar-refractivity contribution in [3.63, 3.8) is 0 Å². The van der Waals surface area contributed by atoms with Gasteiger partial charge in [-0.1, -0.05) is 34.6 Å². The Morgan fingerprint density at radius 2 is 1.23 bits per heavy atom. The van der Waals surface area contributed by atoms with Crippen LogP contribution in [-0.4, -0.2) is 0 Å². The van der Waals surface area contributed by atoms with E-state index in [-0.39, 0.29) is 58.8 Å². The van der Waals surface area contributed by atoms with E-state index >= 15 is 0 Å². The molecule has 1 aromatic carbocycles. The predicted octanol–water partition coefficient (Wildman–Crippen LogP) is 1.30. The van der Waals surface area contributed by atoms with Gasteiger partial charge in [0.25, 0.3) is 0 Å². The minimum absolute atomic E-state index is 0. The molecule has 1 heteroatoms. The van der Waals surface area contributed by atoms with Gasteiger partial charge in [-0.3, -0.25) is 0 Å². The van der Waals surface area contributed by atoms with Crippen LogP contribution in [0.3, 0.4) is 0 Å². The third-order valence-corrected chi connectivity index (χ3v) is 0.885. The topological polar surface area (TPSA) is 0 Å². The maximum Gasteiger partial charge on any atom is 1.00 e. The molecule has 0 aliphatic rings. The molecule has 1 aromatic rings. The zero-order valence-electron chi connectivity index (χ0n) is 10.3. The van der Waals surface area contributed by atoms with Gasteiger partial charge in [-0.05, 0) is 0 Å². The van der Waals surface area contributed by atoms with E-state index in [0.29, 0.717) is 0 Å². The molecule has 0 radical (unpaired) electrons. The fourth-order valence-electron chi connectivity index (χ4n) is 0.470. The van der Waals surface area contributed by atoms with Crippen LogP contribution in [0.1, 0.15) is 33.3 Å². The summed E-state index contributed by atoms with van der Waals surface area (Å²) >= 11 is 0. The zero-order chi connectivity index (χ0) is 9.11. The van der Waals surface area contributed by atoms with E-state index in [1.807, 2.05) is 52.0 Å². The smallest absolute Gasteiger partial charge is 0.358 e. The van der Waals surface area contributed by atoms with E-state index in [2.05, 4.69) is 13.0 Å². The molecule has 0 spiro atoms. The average Bonchev–Trinajstić information content (AvgIpc) is 2.13. The minimum atomic E-state index is 0. The maximum atomic E-state index is 2.93. The Bertz CT molecular complexity index is 135. The van der Waals surface area contributed by atoms with Gasteiger partial charge < -0.3 is 7.43 Å². The van der Waals surface area contributed by atoms with Crippen molar-refractivity contribution in [1.29, 1.82) is 0 Å². The van der Waals surface area contributed by atoms with Gasteiger partial charge >= 0.3 is 51.4 Å². The van der Waals surface area contributed by atoms with Gasteiger partial charge in [0.05, 0.1) is 0 Å². The molecule has 0 nitrogen and oxygen atoms in total. The van der Waals surface area contributed by atoms with Crippen LogP contribution in [-0.2, 0) is 0 Å². The molecule has 0 fully saturated rings. The van der Waals surface area contributed by atoms with E-state index in [1.54, 1.807) is 0 Å². The summed E-state index contributed by atoms with van der Waals surface area (Å²) in [6, 6.07) is 10.8. The van der Waals surface area contributed by atoms with E-state index in [4.69, 9.17) is 0 Å². The summed E-state index contributed by atoms with van der Waals surface area (Å²) in [7, 11) is 0. The summed E-state index contributed by atoms with van der Waals surface area (Å²) in [4.78, 5) is 0. The third kappa shape index (κ3) is 19.3. The Labute approximate surface area is 128 Å². The zero-order valence-corrected chi connectivity index (χ0v) is 13.4. The molecule has 0 unspecified atom stereocenters. The summed E-state index contributed by atoms with van der Waals surface area (Å²) in [6.45, 7) is 10.1. The largest absolute Gasteiger partial charge is 1.00 e. The van der Waals surface area contributed by atoms with Crippen LogP contribution < -0.4 is 51.4 Å². The van der Waals surface area contributed by atoms with Crippen molar-refractivity contribution in [3.05, 3.63) is 43.3 Å². The van der Waals surface area contributed by atoms with E-state index in [1.165, 1.54) is 5.56 Å². The quantitative estimate of drug-likeness (QED) is 0.442. The Balaban J connectivity index is -0.0000000607. The van der Waals surface area contributed by atoms with E-state index in [9.17, 15) is 0 Å². The van der Waals surface area contributed by atoms with Gasteiger partial charge in [-0.15, -0.1) is 0 Å². The molecule has 0 saturated heterocycles. The first-order valence-corrected chi connectivity index (χ1v) is 4.32. The first kappa shape index (κ1) is 23.6. The molecular weight excluding hydrogens is 183 g/mol. The number of rotatable bonds is 0. The summed E-state index contributed by atoms with van der Waals surface area (Å²) in [6.07, 6.45) is 0. The van der Waals surface area contributed by atoms with Crippen molar-refractivity contribution in [3.8, 4) is 0 Å². The predicted molar refractivity (Wildman–Crippen MR) is 59.1 cm³/mol. The van der Waals surface area contributed by atoms with Crippen LogP contribution in [0.25, 0.3) is 0 Å². The fourth-order valence-corrected chi connectivity index (χ4v) is 0.470. The van der Waals surface area contributed by atoms with Crippen LogP contribution >= 0.6 is 0 Å². The summed E-state index contributed by atoms with van der Waals surface area (Å²) in [5.41, 5.74) is 1.29. The number of aryl methyl sites for hydroxylation is 1. The molecule has 0 bridgehead atoms. The third-order valence-electron chi connectivity index (χ3n) is 0.885. The second-order valence-corrected chi connectivity index (χ2v) is 1.58. The van der Waals surface area contributed by atoms with E-state index < -0.39 is 0 Å². The molecule has 0 aliphatic heterocycles.